The molecule has 1 aliphatic heterocycles. The number of allylic oxidation sites excluding steroid dienone is 3. The Balaban J connectivity index is 1.87. The van der Waals surface area contributed by atoms with Crippen LogP contribution in [0.3, 0.4) is 0 Å². The number of aryl methyl sites for hydroxylation is 1. The molecule has 4 rings (SSSR count). The second-order valence-corrected chi connectivity index (χ2v) is 8.70. The Morgan fingerprint density at radius 2 is 1.69 bits per heavy atom. The van der Waals surface area contributed by atoms with Gasteiger partial charge in [0.2, 0.25) is 0 Å². The molecule has 0 fully saturated rings. The number of rotatable bonds is 3. The number of ketones is 2. The van der Waals surface area contributed by atoms with Crippen LogP contribution in [-0.2, 0) is 9.53 Å². The van der Waals surface area contributed by atoms with E-state index in [1.54, 1.807) is 12.1 Å². The number of hydrogen-bond donors (Lipinski definition) is 1. The monoisotopic (exact) mass is 387 g/mol. The predicted octanol–water partition coefficient (Wildman–Crippen LogP) is 4.81. The topological polar surface area (TPSA) is 69.4 Å². The van der Waals surface area contributed by atoms with Crippen LogP contribution in [0.4, 0.5) is 0 Å². The van der Waals surface area contributed by atoms with E-state index in [4.69, 9.17) is 10.5 Å². The Bertz CT molecular complexity index is 1040. The van der Waals surface area contributed by atoms with Gasteiger partial charge >= 0.3 is 0 Å². The standard InChI is InChI=1S/C25H25NO3/c1-15-9-11-17(12-10-15)23(28)22-20(16-7-5-4-6-8-16)21-18(27)13-25(2,3)14-19(21)29-24(22)26/h4-12,20H,13-14,26H2,1-3H3/t20-/m1/s1. The lowest BCUT2D eigenvalue weighted by Gasteiger charge is -2.38. The summed E-state index contributed by atoms with van der Waals surface area (Å²) in [5, 5.41) is 0. The van der Waals surface area contributed by atoms with Crippen molar-refractivity contribution in [1.82, 2.24) is 0 Å². The van der Waals surface area contributed by atoms with Crippen LogP contribution in [-0.4, -0.2) is 11.6 Å². The lowest BCUT2D eigenvalue weighted by atomic mass is 9.69. The van der Waals surface area contributed by atoms with E-state index in [1.165, 1.54) is 0 Å². The molecule has 0 bridgehead atoms. The van der Waals surface area contributed by atoms with Gasteiger partial charge in [-0.05, 0) is 17.9 Å². The second kappa shape index (κ2) is 7.03. The molecule has 2 aromatic rings. The molecule has 0 aromatic heterocycles. The van der Waals surface area contributed by atoms with Gasteiger partial charge in [0.1, 0.15) is 5.76 Å². The molecule has 0 amide bonds. The molecule has 29 heavy (non-hydrogen) atoms. The average Bonchev–Trinajstić information content (AvgIpc) is 2.66. The van der Waals surface area contributed by atoms with Gasteiger partial charge in [-0.2, -0.15) is 0 Å². The molecule has 0 spiro atoms. The SMILES string of the molecule is Cc1ccc(C(=O)C2=C(N)OC3=C(C(=O)CC(C)(C)C3)[C@H]2c2ccccc2)cc1. The lowest BCUT2D eigenvalue weighted by Crippen LogP contribution is -2.35. The Labute approximate surface area is 171 Å². The summed E-state index contributed by atoms with van der Waals surface area (Å²) in [6, 6.07) is 17.0. The highest BCUT2D eigenvalue weighted by atomic mass is 16.5. The normalized spacial score (nSPS) is 20.9. The predicted molar refractivity (Wildman–Crippen MR) is 112 cm³/mol. The van der Waals surface area contributed by atoms with Gasteiger partial charge in [-0.15, -0.1) is 0 Å². The van der Waals surface area contributed by atoms with E-state index in [2.05, 4.69) is 0 Å². The molecule has 0 radical (unpaired) electrons. The Hall–Kier alpha value is -3.14. The van der Waals surface area contributed by atoms with E-state index in [0.717, 1.165) is 11.1 Å². The first-order valence-corrected chi connectivity index (χ1v) is 9.87. The van der Waals surface area contributed by atoms with Crippen LogP contribution in [0, 0.1) is 12.3 Å². The first-order valence-electron chi connectivity index (χ1n) is 9.87. The van der Waals surface area contributed by atoms with Gasteiger partial charge in [0.05, 0.1) is 11.5 Å². The first kappa shape index (κ1) is 19.2. The smallest absolute Gasteiger partial charge is 0.198 e. The fraction of sp³-hybridized carbons (Fsp3) is 0.280. The summed E-state index contributed by atoms with van der Waals surface area (Å²) < 4.78 is 5.92. The fourth-order valence-corrected chi connectivity index (χ4v) is 4.25. The zero-order valence-electron chi connectivity index (χ0n) is 17.0. The third-order valence-electron chi connectivity index (χ3n) is 5.65. The van der Waals surface area contributed by atoms with E-state index in [0.29, 0.717) is 35.3 Å². The van der Waals surface area contributed by atoms with Crippen LogP contribution < -0.4 is 5.73 Å². The van der Waals surface area contributed by atoms with E-state index in [9.17, 15) is 9.59 Å². The quantitative estimate of drug-likeness (QED) is 0.768. The zero-order valence-corrected chi connectivity index (χ0v) is 17.0. The molecule has 0 unspecified atom stereocenters. The van der Waals surface area contributed by atoms with Crippen molar-refractivity contribution in [2.45, 2.75) is 39.5 Å². The van der Waals surface area contributed by atoms with Crippen LogP contribution in [0.15, 0.2) is 77.4 Å². The van der Waals surface area contributed by atoms with Crippen LogP contribution in [0.25, 0.3) is 0 Å². The van der Waals surface area contributed by atoms with Crippen molar-refractivity contribution >= 4 is 11.6 Å². The van der Waals surface area contributed by atoms with Crippen molar-refractivity contribution < 1.29 is 14.3 Å². The highest BCUT2D eigenvalue weighted by Gasteiger charge is 2.44. The third kappa shape index (κ3) is 3.51. The third-order valence-corrected chi connectivity index (χ3v) is 5.65. The maximum absolute atomic E-state index is 13.5. The molecule has 2 aromatic carbocycles. The molecular weight excluding hydrogens is 362 g/mol. The van der Waals surface area contributed by atoms with Gasteiger partial charge < -0.3 is 10.5 Å². The van der Waals surface area contributed by atoms with Gasteiger partial charge in [-0.3, -0.25) is 9.59 Å². The molecule has 0 saturated carbocycles. The molecule has 4 nitrogen and oxygen atoms in total. The largest absolute Gasteiger partial charge is 0.445 e. The van der Waals surface area contributed by atoms with Gasteiger partial charge in [0.25, 0.3) is 0 Å². The van der Waals surface area contributed by atoms with Crippen LogP contribution in [0.1, 0.15) is 54.1 Å². The summed E-state index contributed by atoms with van der Waals surface area (Å²) in [5.41, 5.74) is 9.49. The van der Waals surface area contributed by atoms with Crippen molar-refractivity contribution in [3.05, 3.63) is 94.1 Å². The molecule has 4 heteroatoms. The summed E-state index contributed by atoms with van der Waals surface area (Å²) in [4.78, 5) is 26.6. The number of ether oxygens (including phenoxy) is 1. The summed E-state index contributed by atoms with van der Waals surface area (Å²) >= 11 is 0. The van der Waals surface area contributed by atoms with Crippen molar-refractivity contribution in [3.63, 3.8) is 0 Å². The minimum absolute atomic E-state index is 0.0202. The van der Waals surface area contributed by atoms with E-state index in [1.807, 2.05) is 63.2 Å². The minimum atomic E-state index is -0.516. The van der Waals surface area contributed by atoms with Crippen molar-refractivity contribution in [3.8, 4) is 0 Å². The number of Topliss-reactive ketones (excluding diaryl/α,β-unsaturated/α-hetero) is 2. The van der Waals surface area contributed by atoms with Gasteiger partial charge in [-0.25, -0.2) is 0 Å². The zero-order chi connectivity index (χ0) is 20.8. The number of carbonyl (C=O) groups is 2. The molecule has 2 aliphatic rings. The van der Waals surface area contributed by atoms with Crippen LogP contribution in [0.5, 0.6) is 0 Å². The highest BCUT2D eigenvalue weighted by Crippen LogP contribution is 2.48. The summed E-state index contributed by atoms with van der Waals surface area (Å²) in [6.45, 7) is 6.06. The van der Waals surface area contributed by atoms with Gasteiger partial charge in [0, 0.05) is 24.0 Å². The molecule has 1 heterocycles. The lowest BCUT2D eigenvalue weighted by molar-refractivity contribution is -0.119. The molecule has 148 valence electrons. The van der Waals surface area contributed by atoms with Crippen molar-refractivity contribution in [1.29, 1.82) is 0 Å². The molecule has 1 aliphatic carbocycles. The maximum atomic E-state index is 13.5. The number of benzene rings is 2. The molecule has 1 atom stereocenters. The molecule has 2 N–H and O–H groups in total. The first-order chi connectivity index (χ1) is 13.8. The van der Waals surface area contributed by atoms with E-state index < -0.39 is 5.92 Å². The molecule has 0 saturated heterocycles. The highest BCUT2D eigenvalue weighted by molar-refractivity contribution is 6.13. The van der Waals surface area contributed by atoms with E-state index >= 15 is 0 Å². The number of nitrogens with two attached hydrogens (primary N) is 1. The van der Waals surface area contributed by atoms with Gasteiger partial charge in [-0.1, -0.05) is 74.0 Å². The van der Waals surface area contributed by atoms with Crippen LogP contribution >= 0.6 is 0 Å². The number of carbonyl (C=O) groups excluding carboxylic acids is 2. The average molecular weight is 387 g/mol. The van der Waals surface area contributed by atoms with Crippen molar-refractivity contribution in [2.24, 2.45) is 11.1 Å². The second-order valence-electron chi connectivity index (χ2n) is 8.70. The van der Waals surface area contributed by atoms with E-state index in [-0.39, 0.29) is 22.9 Å². The maximum Gasteiger partial charge on any atom is 0.198 e. The summed E-state index contributed by atoms with van der Waals surface area (Å²) in [5.74, 6) is -0.0172. The van der Waals surface area contributed by atoms with Gasteiger partial charge in [0.15, 0.2) is 17.4 Å². The van der Waals surface area contributed by atoms with Crippen molar-refractivity contribution in [2.75, 3.05) is 0 Å². The Morgan fingerprint density at radius 1 is 1.03 bits per heavy atom. The fourth-order valence-electron chi connectivity index (χ4n) is 4.25. The molecular formula is C25H25NO3. The Morgan fingerprint density at radius 3 is 2.34 bits per heavy atom. The minimum Gasteiger partial charge on any atom is -0.445 e. The Kier molecular flexibility index (Phi) is 4.65. The number of hydrogen-bond acceptors (Lipinski definition) is 4. The van der Waals surface area contributed by atoms with Crippen LogP contribution in [0.2, 0.25) is 0 Å². The summed E-state index contributed by atoms with van der Waals surface area (Å²) in [6.07, 6.45) is 1.04. The summed E-state index contributed by atoms with van der Waals surface area (Å²) in [7, 11) is 0.